The van der Waals surface area contributed by atoms with E-state index in [9.17, 15) is 9.59 Å². The number of pyridine rings is 1. The van der Waals surface area contributed by atoms with Crippen molar-refractivity contribution < 1.29 is 0 Å². The minimum absolute atomic E-state index is 0.00583. The van der Waals surface area contributed by atoms with Gasteiger partial charge < -0.3 is 4.57 Å². The SMILES string of the molecule is Cc1cc(C)n(-c2ccc(=O)n(CC3CN(Cc4cccc(=O)n4C)C3)n2)n1. The molecule has 0 radical (unpaired) electrons. The highest BCUT2D eigenvalue weighted by atomic mass is 16.1. The molecule has 0 N–H and O–H groups in total. The van der Waals surface area contributed by atoms with Crippen LogP contribution in [0.25, 0.3) is 5.82 Å². The summed E-state index contributed by atoms with van der Waals surface area (Å²) in [6.45, 7) is 6.97. The smallest absolute Gasteiger partial charge is 0.266 e. The highest BCUT2D eigenvalue weighted by molar-refractivity contribution is 5.23. The van der Waals surface area contributed by atoms with Crippen LogP contribution >= 0.6 is 0 Å². The van der Waals surface area contributed by atoms with Gasteiger partial charge in [0.2, 0.25) is 5.56 Å². The van der Waals surface area contributed by atoms with Gasteiger partial charge in [-0.1, -0.05) is 6.07 Å². The fourth-order valence-corrected chi connectivity index (χ4v) is 3.70. The molecule has 8 heteroatoms. The fraction of sp³-hybridized carbons (Fsp3) is 0.400. The quantitative estimate of drug-likeness (QED) is 0.657. The van der Waals surface area contributed by atoms with Gasteiger partial charge in [-0.2, -0.15) is 5.10 Å². The molecule has 0 aromatic carbocycles. The van der Waals surface area contributed by atoms with Gasteiger partial charge in [0, 0.05) is 56.1 Å². The predicted molar refractivity (Wildman–Crippen MR) is 106 cm³/mol. The Morgan fingerprint density at radius 3 is 2.54 bits per heavy atom. The Morgan fingerprint density at radius 1 is 1.04 bits per heavy atom. The molecule has 28 heavy (non-hydrogen) atoms. The zero-order valence-corrected chi connectivity index (χ0v) is 16.4. The van der Waals surface area contributed by atoms with Crippen LogP contribution in [0, 0.1) is 19.8 Å². The third kappa shape index (κ3) is 3.55. The monoisotopic (exact) mass is 380 g/mol. The van der Waals surface area contributed by atoms with Crippen molar-refractivity contribution in [2.45, 2.75) is 26.9 Å². The molecule has 4 rings (SSSR count). The first kappa shape index (κ1) is 18.4. The second kappa shape index (κ2) is 7.20. The molecule has 1 aliphatic rings. The van der Waals surface area contributed by atoms with Crippen LogP contribution in [-0.2, 0) is 20.1 Å². The average molecular weight is 380 g/mol. The second-order valence-electron chi connectivity index (χ2n) is 7.53. The summed E-state index contributed by atoms with van der Waals surface area (Å²) in [5.41, 5.74) is 2.80. The molecule has 0 atom stereocenters. The Hall–Kier alpha value is -3.00. The minimum Gasteiger partial charge on any atom is -0.314 e. The summed E-state index contributed by atoms with van der Waals surface area (Å²) < 4.78 is 4.97. The molecule has 0 amide bonds. The summed E-state index contributed by atoms with van der Waals surface area (Å²) >= 11 is 0. The van der Waals surface area contributed by atoms with E-state index in [0.29, 0.717) is 18.3 Å². The normalized spacial score (nSPS) is 15.0. The number of hydrogen-bond acceptors (Lipinski definition) is 5. The van der Waals surface area contributed by atoms with Crippen LogP contribution in [-0.4, -0.2) is 42.1 Å². The lowest BCUT2D eigenvalue weighted by atomic mass is 10.00. The molecule has 4 heterocycles. The first-order valence-electron chi connectivity index (χ1n) is 9.40. The molecule has 0 spiro atoms. The maximum absolute atomic E-state index is 12.2. The lowest BCUT2D eigenvalue weighted by Crippen LogP contribution is -2.49. The Labute approximate surface area is 162 Å². The van der Waals surface area contributed by atoms with E-state index >= 15 is 0 Å². The largest absolute Gasteiger partial charge is 0.314 e. The maximum Gasteiger partial charge on any atom is 0.266 e. The summed E-state index contributed by atoms with van der Waals surface area (Å²) in [6, 6.07) is 10.6. The number of aromatic nitrogens is 5. The third-order valence-electron chi connectivity index (χ3n) is 5.22. The highest BCUT2D eigenvalue weighted by Gasteiger charge is 2.28. The van der Waals surface area contributed by atoms with Gasteiger partial charge >= 0.3 is 0 Å². The van der Waals surface area contributed by atoms with Gasteiger partial charge in [0.1, 0.15) is 0 Å². The van der Waals surface area contributed by atoms with Crippen molar-refractivity contribution in [1.29, 1.82) is 0 Å². The molecule has 0 bridgehead atoms. The number of aryl methyl sites for hydroxylation is 2. The van der Waals surface area contributed by atoms with E-state index in [0.717, 1.165) is 36.7 Å². The molecule has 1 aliphatic heterocycles. The molecule has 0 unspecified atom stereocenters. The van der Waals surface area contributed by atoms with E-state index in [1.807, 2.05) is 26.0 Å². The van der Waals surface area contributed by atoms with Crippen LogP contribution in [0.2, 0.25) is 0 Å². The third-order valence-corrected chi connectivity index (χ3v) is 5.22. The van der Waals surface area contributed by atoms with Gasteiger partial charge in [0.25, 0.3) is 5.56 Å². The van der Waals surface area contributed by atoms with E-state index in [4.69, 9.17) is 0 Å². The molecule has 3 aromatic heterocycles. The summed E-state index contributed by atoms with van der Waals surface area (Å²) in [4.78, 5) is 26.3. The van der Waals surface area contributed by atoms with E-state index in [2.05, 4.69) is 15.1 Å². The van der Waals surface area contributed by atoms with Gasteiger partial charge in [0.05, 0.1) is 12.2 Å². The Morgan fingerprint density at radius 2 is 1.82 bits per heavy atom. The maximum atomic E-state index is 12.2. The van der Waals surface area contributed by atoms with Crippen molar-refractivity contribution >= 4 is 0 Å². The molecule has 0 aliphatic carbocycles. The van der Waals surface area contributed by atoms with Gasteiger partial charge in [-0.05, 0) is 32.0 Å². The first-order valence-corrected chi connectivity index (χ1v) is 9.40. The minimum atomic E-state index is -0.103. The summed E-state index contributed by atoms with van der Waals surface area (Å²) in [7, 11) is 1.79. The van der Waals surface area contributed by atoms with E-state index in [1.165, 1.54) is 4.68 Å². The molecule has 8 nitrogen and oxygen atoms in total. The Kier molecular flexibility index (Phi) is 4.72. The molecule has 0 saturated carbocycles. The summed E-state index contributed by atoms with van der Waals surface area (Å²) in [6.07, 6.45) is 0. The van der Waals surface area contributed by atoms with Crippen molar-refractivity contribution in [3.05, 3.63) is 74.2 Å². The standard InChI is InChI=1S/C20H24N6O2/c1-14-9-15(2)26(21-14)18-7-8-20(28)25(22-18)12-16-10-24(11-16)13-17-5-4-6-19(27)23(17)3/h4-9,16H,10-13H2,1-3H3. The van der Waals surface area contributed by atoms with Gasteiger partial charge in [-0.15, -0.1) is 5.10 Å². The van der Waals surface area contributed by atoms with Gasteiger partial charge in [-0.25, -0.2) is 9.36 Å². The van der Waals surface area contributed by atoms with Crippen LogP contribution in [0.15, 0.2) is 46.0 Å². The molecule has 3 aromatic rings. The molecular formula is C20H24N6O2. The Balaban J connectivity index is 1.43. The highest BCUT2D eigenvalue weighted by Crippen LogP contribution is 2.19. The van der Waals surface area contributed by atoms with Crippen LogP contribution in [0.1, 0.15) is 17.1 Å². The molecule has 146 valence electrons. The summed E-state index contributed by atoms with van der Waals surface area (Å²) in [5, 5.41) is 8.96. The Bertz CT molecular complexity index is 1120. The van der Waals surface area contributed by atoms with Crippen molar-refractivity contribution in [2.75, 3.05) is 13.1 Å². The van der Waals surface area contributed by atoms with Crippen LogP contribution in [0.4, 0.5) is 0 Å². The fourth-order valence-electron chi connectivity index (χ4n) is 3.70. The lowest BCUT2D eigenvalue weighted by molar-refractivity contribution is 0.0742. The average Bonchev–Trinajstić information content (AvgIpc) is 2.96. The molecule has 1 saturated heterocycles. The van der Waals surface area contributed by atoms with E-state index < -0.39 is 0 Å². The molecule has 1 fully saturated rings. The number of nitrogens with zero attached hydrogens (tertiary/aromatic N) is 6. The van der Waals surface area contributed by atoms with Crippen LogP contribution < -0.4 is 11.1 Å². The number of rotatable bonds is 5. The first-order chi connectivity index (χ1) is 13.4. The van der Waals surface area contributed by atoms with Crippen molar-refractivity contribution in [3.8, 4) is 5.82 Å². The van der Waals surface area contributed by atoms with Crippen molar-refractivity contribution in [1.82, 2.24) is 29.0 Å². The van der Waals surface area contributed by atoms with Crippen molar-refractivity contribution in [2.24, 2.45) is 13.0 Å². The number of hydrogen-bond donors (Lipinski definition) is 0. The van der Waals surface area contributed by atoms with Gasteiger partial charge in [-0.3, -0.25) is 14.5 Å². The predicted octanol–water partition coefficient (Wildman–Crippen LogP) is 0.877. The second-order valence-corrected chi connectivity index (χ2v) is 7.53. The lowest BCUT2D eigenvalue weighted by Gasteiger charge is -2.39. The number of likely N-dealkylation sites (tertiary alicyclic amines) is 1. The zero-order chi connectivity index (χ0) is 19.8. The summed E-state index contributed by atoms with van der Waals surface area (Å²) in [5.74, 6) is 1.02. The van der Waals surface area contributed by atoms with Crippen LogP contribution in [0.5, 0.6) is 0 Å². The van der Waals surface area contributed by atoms with E-state index in [-0.39, 0.29) is 11.1 Å². The van der Waals surface area contributed by atoms with Gasteiger partial charge in [0.15, 0.2) is 5.82 Å². The topological polar surface area (TPSA) is 78.0 Å². The van der Waals surface area contributed by atoms with E-state index in [1.54, 1.807) is 40.6 Å². The zero-order valence-electron chi connectivity index (χ0n) is 16.4. The molecular weight excluding hydrogens is 356 g/mol. The van der Waals surface area contributed by atoms with Crippen molar-refractivity contribution in [3.63, 3.8) is 0 Å². The van der Waals surface area contributed by atoms with Crippen LogP contribution in [0.3, 0.4) is 0 Å².